The molecule has 1 aromatic rings. The lowest BCUT2D eigenvalue weighted by Gasteiger charge is -2.26. The summed E-state index contributed by atoms with van der Waals surface area (Å²) in [6.45, 7) is 8.73. The minimum atomic E-state index is -0.0549. The lowest BCUT2D eigenvalue weighted by Crippen LogP contribution is -2.26. The molecule has 1 fully saturated rings. The van der Waals surface area contributed by atoms with E-state index in [4.69, 9.17) is 15.5 Å². The van der Waals surface area contributed by atoms with Gasteiger partial charge in [0.15, 0.2) is 0 Å². The van der Waals surface area contributed by atoms with E-state index in [0.717, 1.165) is 44.0 Å². The summed E-state index contributed by atoms with van der Waals surface area (Å²) >= 11 is 0. The Morgan fingerprint density at radius 3 is 2.63 bits per heavy atom. The molecule has 0 bridgehead atoms. The molecule has 4 heteroatoms. The van der Waals surface area contributed by atoms with Gasteiger partial charge in [-0.1, -0.05) is 13.8 Å². The number of nitrogens with zero attached hydrogens (tertiary/aromatic N) is 2. The van der Waals surface area contributed by atoms with Gasteiger partial charge in [0.05, 0.1) is 0 Å². The maximum absolute atomic E-state index is 5.70. The number of hydrogen-bond donors (Lipinski definition) is 1. The van der Waals surface area contributed by atoms with Gasteiger partial charge in [0.2, 0.25) is 0 Å². The van der Waals surface area contributed by atoms with Crippen molar-refractivity contribution in [2.75, 3.05) is 19.8 Å². The first-order valence-corrected chi connectivity index (χ1v) is 7.17. The average Bonchev–Trinajstić information content (AvgIpc) is 2.39. The van der Waals surface area contributed by atoms with Gasteiger partial charge in [-0.15, -0.1) is 0 Å². The second-order valence-corrected chi connectivity index (χ2v) is 6.07. The monoisotopic (exact) mass is 263 g/mol. The largest absolute Gasteiger partial charge is 0.381 e. The molecule has 0 saturated carbocycles. The molecule has 0 radical (unpaired) electrons. The van der Waals surface area contributed by atoms with E-state index < -0.39 is 0 Å². The van der Waals surface area contributed by atoms with Crippen LogP contribution in [0.1, 0.15) is 56.2 Å². The van der Waals surface area contributed by atoms with Gasteiger partial charge in [0.25, 0.3) is 0 Å². The molecule has 0 spiro atoms. The van der Waals surface area contributed by atoms with Crippen LogP contribution >= 0.6 is 0 Å². The Labute approximate surface area is 115 Å². The SMILES string of the molecule is Cc1cc(C2CCOCC2)nc(C(C)(C)CCN)n1. The van der Waals surface area contributed by atoms with Crippen LogP contribution in [0.2, 0.25) is 0 Å². The maximum Gasteiger partial charge on any atom is 0.134 e. The zero-order valence-electron chi connectivity index (χ0n) is 12.3. The Morgan fingerprint density at radius 2 is 2.00 bits per heavy atom. The number of nitrogens with two attached hydrogens (primary N) is 1. The average molecular weight is 263 g/mol. The molecule has 1 aliphatic rings. The normalized spacial score (nSPS) is 17.7. The number of hydrogen-bond acceptors (Lipinski definition) is 4. The molecule has 0 aromatic carbocycles. The van der Waals surface area contributed by atoms with Crippen LogP contribution in [0, 0.1) is 6.92 Å². The Kier molecular flexibility index (Phi) is 4.53. The van der Waals surface area contributed by atoms with E-state index >= 15 is 0 Å². The van der Waals surface area contributed by atoms with Crippen molar-refractivity contribution in [2.45, 2.75) is 51.4 Å². The van der Waals surface area contributed by atoms with Crippen LogP contribution < -0.4 is 5.73 Å². The van der Waals surface area contributed by atoms with Crippen LogP contribution in [0.3, 0.4) is 0 Å². The first kappa shape index (κ1) is 14.4. The smallest absolute Gasteiger partial charge is 0.134 e. The third-order valence-corrected chi connectivity index (χ3v) is 3.89. The fraction of sp³-hybridized carbons (Fsp3) is 0.733. The molecular weight excluding hydrogens is 238 g/mol. The van der Waals surface area contributed by atoms with Crippen LogP contribution in [-0.2, 0) is 10.2 Å². The van der Waals surface area contributed by atoms with Gasteiger partial charge in [-0.25, -0.2) is 9.97 Å². The molecule has 2 N–H and O–H groups in total. The number of aromatic nitrogens is 2. The summed E-state index contributed by atoms with van der Waals surface area (Å²) in [5.74, 6) is 1.45. The number of rotatable bonds is 4. The van der Waals surface area contributed by atoms with Gasteiger partial charge in [-0.3, -0.25) is 0 Å². The van der Waals surface area contributed by atoms with Crippen molar-refractivity contribution < 1.29 is 4.74 Å². The second-order valence-electron chi connectivity index (χ2n) is 6.07. The molecule has 19 heavy (non-hydrogen) atoms. The molecular formula is C15H25N3O. The Bertz CT molecular complexity index is 425. The van der Waals surface area contributed by atoms with Gasteiger partial charge < -0.3 is 10.5 Å². The molecule has 0 atom stereocenters. The van der Waals surface area contributed by atoms with Crippen LogP contribution in [0.25, 0.3) is 0 Å². The topological polar surface area (TPSA) is 61.0 Å². The van der Waals surface area contributed by atoms with E-state index in [0.29, 0.717) is 12.5 Å². The van der Waals surface area contributed by atoms with Crippen LogP contribution in [0.5, 0.6) is 0 Å². The first-order valence-electron chi connectivity index (χ1n) is 7.17. The summed E-state index contributed by atoms with van der Waals surface area (Å²) in [5.41, 5.74) is 7.87. The van der Waals surface area contributed by atoms with E-state index in [9.17, 15) is 0 Å². The van der Waals surface area contributed by atoms with Crippen molar-refractivity contribution in [1.29, 1.82) is 0 Å². The van der Waals surface area contributed by atoms with Crippen molar-refractivity contribution >= 4 is 0 Å². The summed E-state index contributed by atoms with van der Waals surface area (Å²) in [6.07, 6.45) is 3.03. The second kappa shape index (κ2) is 5.97. The van der Waals surface area contributed by atoms with Gasteiger partial charge in [0.1, 0.15) is 5.82 Å². The molecule has 2 rings (SSSR count). The highest BCUT2D eigenvalue weighted by molar-refractivity contribution is 5.18. The molecule has 0 amide bonds. The summed E-state index contributed by atoms with van der Waals surface area (Å²) in [5, 5.41) is 0. The molecule has 1 saturated heterocycles. The minimum absolute atomic E-state index is 0.0549. The lowest BCUT2D eigenvalue weighted by molar-refractivity contribution is 0.0843. The molecule has 4 nitrogen and oxygen atoms in total. The van der Waals surface area contributed by atoms with E-state index in [1.165, 1.54) is 5.69 Å². The van der Waals surface area contributed by atoms with Crippen LogP contribution in [0.4, 0.5) is 0 Å². The zero-order valence-corrected chi connectivity index (χ0v) is 12.3. The summed E-state index contributed by atoms with van der Waals surface area (Å²) < 4.78 is 5.43. The third-order valence-electron chi connectivity index (χ3n) is 3.89. The van der Waals surface area contributed by atoms with Crippen LogP contribution in [-0.4, -0.2) is 29.7 Å². The zero-order chi connectivity index (χ0) is 13.9. The summed E-state index contributed by atoms with van der Waals surface area (Å²) in [4.78, 5) is 9.45. The highest BCUT2D eigenvalue weighted by Crippen LogP contribution is 2.29. The van der Waals surface area contributed by atoms with Crippen molar-refractivity contribution in [3.63, 3.8) is 0 Å². The van der Waals surface area contributed by atoms with Crippen LogP contribution in [0.15, 0.2) is 6.07 Å². The molecule has 106 valence electrons. The lowest BCUT2D eigenvalue weighted by atomic mass is 9.87. The standard InChI is InChI=1S/C15H25N3O/c1-11-10-13(12-4-8-19-9-5-12)18-14(17-11)15(2,3)6-7-16/h10,12H,4-9,16H2,1-3H3. The van der Waals surface area contributed by atoms with E-state index in [1.807, 2.05) is 6.92 Å². The fourth-order valence-corrected chi connectivity index (χ4v) is 2.57. The Balaban J connectivity index is 2.28. The molecule has 2 heterocycles. The van der Waals surface area contributed by atoms with Crippen molar-refractivity contribution in [2.24, 2.45) is 5.73 Å². The Morgan fingerprint density at radius 1 is 1.32 bits per heavy atom. The van der Waals surface area contributed by atoms with Crippen molar-refractivity contribution in [3.05, 3.63) is 23.3 Å². The van der Waals surface area contributed by atoms with E-state index in [-0.39, 0.29) is 5.41 Å². The quantitative estimate of drug-likeness (QED) is 0.905. The number of ether oxygens (including phenoxy) is 1. The maximum atomic E-state index is 5.70. The molecule has 1 aromatic heterocycles. The predicted molar refractivity (Wildman–Crippen MR) is 76.3 cm³/mol. The summed E-state index contributed by atoms with van der Waals surface area (Å²) in [6, 6.07) is 2.12. The van der Waals surface area contributed by atoms with E-state index in [1.54, 1.807) is 0 Å². The van der Waals surface area contributed by atoms with Gasteiger partial charge >= 0.3 is 0 Å². The van der Waals surface area contributed by atoms with Gasteiger partial charge in [-0.2, -0.15) is 0 Å². The summed E-state index contributed by atoms with van der Waals surface area (Å²) in [7, 11) is 0. The minimum Gasteiger partial charge on any atom is -0.381 e. The third kappa shape index (κ3) is 3.51. The molecule has 0 aliphatic carbocycles. The molecule has 0 unspecified atom stereocenters. The predicted octanol–water partition coefficient (Wildman–Crippen LogP) is 2.31. The molecule has 1 aliphatic heterocycles. The first-order chi connectivity index (χ1) is 9.03. The van der Waals surface area contributed by atoms with Crippen molar-refractivity contribution in [3.8, 4) is 0 Å². The van der Waals surface area contributed by atoms with Gasteiger partial charge in [-0.05, 0) is 38.8 Å². The number of aryl methyl sites for hydroxylation is 1. The Hall–Kier alpha value is -1.00. The highest BCUT2D eigenvalue weighted by atomic mass is 16.5. The van der Waals surface area contributed by atoms with Gasteiger partial charge in [0, 0.05) is 35.9 Å². The van der Waals surface area contributed by atoms with Crippen molar-refractivity contribution in [1.82, 2.24) is 9.97 Å². The van der Waals surface area contributed by atoms with E-state index in [2.05, 4.69) is 24.9 Å². The fourth-order valence-electron chi connectivity index (χ4n) is 2.57. The highest BCUT2D eigenvalue weighted by Gasteiger charge is 2.26.